The number of ether oxygens (including phenoxy) is 2. The molecule has 2 aromatic heterocycles. The van der Waals surface area contributed by atoms with E-state index in [4.69, 9.17) is 9.47 Å². The first-order chi connectivity index (χ1) is 12.6. The van der Waals surface area contributed by atoms with Crippen LogP contribution < -0.4 is 10.1 Å². The number of carbonyl (C=O) groups is 1. The van der Waals surface area contributed by atoms with Gasteiger partial charge in [0.05, 0.1) is 19.0 Å². The average Bonchev–Trinajstić information content (AvgIpc) is 3.08. The summed E-state index contributed by atoms with van der Waals surface area (Å²) in [6, 6.07) is 5.73. The van der Waals surface area contributed by atoms with Gasteiger partial charge in [-0.15, -0.1) is 0 Å². The van der Waals surface area contributed by atoms with Gasteiger partial charge in [-0.3, -0.25) is 9.89 Å². The Morgan fingerprint density at radius 1 is 1.31 bits per heavy atom. The maximum Gasteiger partial charge on any atom is 0.271 e. The van der Waals surface area contributed by atoms with Gasteiger partial charge in [0.2, 0.25) is 0 Å². The van der Waals surface area contributed by atoms with Crippen molar-refractivity contribution in [3.63, 3.8) is 0 Å². The average molecular weight is 355 g/mol. The summed E-state index contributed by atoms with van der Waals surface area (Å²) < 4.78 is 10.2. The highest BCUT2D eigenvalue weighted by Gasteiger charge is 2.16. The summed E-state index contributed by atoms with van der Waals surface area (Å²) >= 11 is 0. The molecule has 1 aromatic carbocycles. The Kier molecular flexibility index (Phi) is 5.43. The molecule has 8 nitrogen and oxygen atoms in total. The van der Waals surface area contributed by atoms with Gasteiger partial charge in [0.1, 0.15) is 17.0 Å². The zero-order valence-corrected chi connectivity index (χ0v) is 15.0. The molecule has 0 aliphatic carbocycles. The molecule has 0 atom stereocenters. The molecule has 136 valence electrons. The number of fused-ring (bicyclic) bond motifs is 1. The number of methoxy groups -OCH3 is 2. The number of amides is 1. The number of hydrogen-bond acceptors (Lipinski definition) is 6. The fraction of sp³-hybridized carbons (Fsp3) is 0.333. The lowest BCUT2D eigenvalue weighted by Gasteiger charge is -2.07. The van der Waals surface area contributed by atoms with Crippen LogP contribution >= 0.6 is 0 Å². The second-order valence-electron chi connectivity index (χ2n) is 5.81. The molecular weight excluding hydrogens is 334 g/mol. The molecule has 1 amide bonds. The number of hydrogen-bond donors (Lipinski definition) is 2. The number of nitrogens with one attached hydrogen (secondary N) is 2. The van der Waals surface area contributed by atoms with Gasteiger partial charge in [-0.2, -0.15) is 5.10 Å². The third-order valence-electron chi connectivity index (χ3n) is 4.01. The van der Waals surface area contributed by atoms with Gasteiger partial charge < -0.3 is 14.8 Å². The molecule has 0 saturated carbocycles. The molecule has 0 spiro atoms. The Labute approximate surface area is 150 Å². The number of aromatic nitrogens is 4. The normalized spacial score (nSPS) is 10.9. The van der Waals surface area contributed by atoms with Crippen LogP contribution in [0.15, 0.2) is 24.4 Å². The standard InChI is InChI=1S/C18H21N5O3/c1-11-9-12(26-3)5-6-13(11)15-16-17(23-22-15)20-10-14(21-16)18(24)19-7-4-8-25-2/h5-6,9-10H,4,7-8H2,1-3H3,(H,19,24)(H,20,22,23). The number of nitrogens with zero attached hydrogens (tertiary/aromatic N) is 3. The molecule has 0 radical (unpaired) electrons. The molecule has 0 unspecified atom stereocenters. The molecular formula is C18H21N5O3. The van der Waals surface area contributed by atoms with Crippen LogP contribution in [0, 0.1) is 6.92 Å². The Hall–Kier alpha value is -3.00. The third-order valence-corrected chi connectivity index (χ3v) is 4.01. The molecule has 8 heteroatoms. The van der Waals surface area contributed by atoms with Crippen molar-refractivity contribution in [3.05, 3.63) is 35.7 Å². The van der Waals surface area contributed by atoms with Crippen LogP contribution in [0.4, 0.5) is 0 Å². The van der Waals surface area contributed by atoms with Crippen LogP contribution in [0.25, 0.3) is 22.4 Å². The predicted molar refractivity (Wildman–Crippen MR) is 97.2 cm³/mol. The van der Waals surface area contributed by atoms with Crippen LogP contribution in [0.1, 0.15) is 22.5 Å². The minimum Gasteiger partial charge on any atom is -0.497 e. The smallest absolute Gasteiger partial charge is 0.271 e. The van der Waals surface area contributed by atoms with Crippen LogP contribution in [0.3, 0.4) is 0 Å². The van der Waals surface area contributed by atoms with Crippen molar-refractivity contribution in [3.8, 4) is 17.0 Å². The maximum atomic E-state index is 12.3. The van der Waals surface area contributed by atoms with Gasteiger partial charge in [-0.1, -0.05) is 0 Å². The molecule has 0 bridgehead atoms. The summed E-state index contributed by atoms with van der Waals surface area (Å²) in [6.45, 7) is 3.08. The predicted octanol–water partition coefficient (Wildman–Crippen LogP) is 2.10. The van der Waals surface area contributed by atoms with Gasteiger partial charge in [-0.25, -0.2) is 9.97 Å². The Balaban J connectivity index is 1.90. The largest absolute Gasteiger partial charge is 0.497 e. The molecule has 0 aliphatic rings. The van der Waals surface area contributed by atoms with E-state index >= 15 is 0 Å². The lowest BCUT2D eigenvalue weighted by atomic mass is 10.0. The zero-order valence-electron chi connectivity index (χ0n) is 15.0. The zero-order chi connectivity index (χ0) is 18.5. The first-order valence-electron chi connectivity index (χ1n) is 8.27. The summed E-state index contributed by atoms with van der Waals surface area (Å²) in [5, 5.41) is 9.97. The number of aromatic amines is 1. The van der Waals surface area contributed by atoms with Gasteiger partial charge in [0.15, 0.2) is 5.65 Å². The van der Waals surface area contributed by atoms with Gasteiger partial charge in [0, 0.05) is 25.8 Å². The molecule has 3 rings (SSSR count). The van der Waals surface area contributed by atoms with E-state index in [2.05, 4.69) is 25.5 Å². The minimum atomic E-state index is -0.269. The number of H-pyrrole nitrogens is 1. The van der Waals surface area contributed by atoms with Crippen LogP contribution in [-0.2, 0) is 4.74 Å². The van der Waals surface area contributed by atoms with E-state index in [0.29, 0.717) is 24.3 Å². The summed E-state index contributed by atoms with van der Waals surface area (Å²) in [7, 11) is 3.26. The van der Waals surface area contributed by atoms with E-state index in [0.717, 1.165) is 29.0 Å². The monoisotopic (exact) mass is 355 g/mol. The molecule has 0 aliphatic heterocycles. The molecule has 3 aromatic rings. The quantitative estimate of drug-likeness (QED) is 0.629. The molecule has 0 saturated heterocycles. The highest BCUT2D eigenvalue weighted by atomic mass is 16.5. The summed E-state index contributed by atoms with van der Waals surface area (Å²) in [6.07, 6.45) is 2.17. The number of aryl methyl sites for hydroxylation is 1. The lowest BCUT2D eigenvalue weighted by Crippen LogP contribution is -2.26. The van der Waals surface area contributed by atoms with Gasteiger partial charge >= 0.3 is 0 Å². The highest BCUT2D eigenvalue weighted by molar-refractivity contribution is 5.95. The summed E-state index contributed by atoms with van der Waals surface area (Å²) in [4.78, 5) is 21.0. The van der Waals surface area contributed by atoms with Crippen LogP contribution in [-0.4, -0.2) is 53.4 Å². The molecule has 0 fully saturated rings. The van der Waals surface area contributed by atoms with E-state index < -0.39 is 0 Å². The lowest BCUT2D eigenvalue weighted by molar-refractivity contribution is 0.0943. The van der Waals surface area contributed by atoms with Crippen molar-refractivity contribution >= 4 is 17.1 Å². The minimum absolute atomic E-state index is 0.253. The Bertz CT molecular complexity index is 922. The molecule has 26 heavy (non-hydrogen) atoms. The summed E-state index contributed by atoms with van der Waals surface area (Å²) in [5.74, 6) is 0.506. The number of benzene rings is 1. The van der Waals surface area contributed by atoms with E-state index in [9.17, 15) is 4.79 Å². The van der Waals surface area contributed by atoms with Crippen molar-refractivity contribution in [2.24, 2.45) is 0 Å². The highest BCUT2D eigenvalue weighted by Crippen LogP contribution is 2.29. The van der Waals surface area contributed by atoms with Crippen molar-refractivity contribution < 1.29 is 14.3 Å². The van der Waals surface area contributed by atoms with E-state index in [-0.39, 0.29) is 11.6 Å². The summed E-state index contributed by atoms with van der Waals surface area (Å²) in [5.41, 5.74) is 3.94. The van der Waals surface area contributed by atoms with Crippen molar-refractivity contribution in [2.75, 3.05) is 27.4 Å². The van der Waals surface area contributed by atoms with Crippen molar-refractivity contribution in [1.29, 1.82) is 0 Å². The fourth-order valence-corrected chi connectivity index (χ4v) is 2.64. The van der Waals surface area contributed by atoms with Crippen molar-refractivity contribution in [2.45, 2.75) is 13.3 Å². The second kappa shape index (κ2) is 7.92. The first kappa shape index (κ1) is 17.8. The van der Waals surface area contributed by atoms with E-state index in [1.54, 1.807) is 14.2 Å². The third kappa shape index (κ3) is 3.65. The SMILES string of the molecule is COCCCNC(=O)c1cnc2n[nH]c(-c3ccc(OC)cc3C)c2n1. The molecule has 2 heterocycles. The van der Waals surface area contributed by atoms with Crippen LogP contribution in [0.2, 0.25) is 0 Å². The first-order valence-corrected chi connectivity index (χ1v) is 8.27. The Morgan fingerprint density at radius 2 is 2.15 bits per heavy atom. The topological polar surface area (TPSA) is 102 Å². The van der Waals surface area contributed by atoms with Gasteiger partial charge in [-0.05, 0) is 37.1 Å². The number of carbonyl (C=O) groups excluding carboxylic acids is 1. The second-order valence-corrected chi connectivity index (χ2v) is 5.81. The Morgan fingerprint density at radius 3 is 2.88 bits per heavy atom. The number of rotatable bonds is 7. The van der Waals surface area contributed by atoms with Crippen LogP contribution in [0.5, 0.6) is 5.75 Å². The van der Waals surface area contributed by atoms with Gasteiger partial charge in [0.25, 0.3) is 5.91 Å². The van der Waals surface area contributed by atoms with E-state index in [1.165, 1.54) is 6.20 Å². The maximum absolute atomic E-state index is 12.3. The molecule has 2 N–H and O–H groups in total. The van der Waals surface area contributed by atoms with E-state index in [1.807, 2.05) is 25.1 Å². The van der Waals surface area contributed by atoms with Crippen molar-refractivity contribution in [1.82, 2.24) is 25.5 Å². The fourth-order valence-electron chi connectivity index (χ4n) is 2.64.